The van der Waals surface area contributed by atoms with Crippen molar-refractivity contribution >= 4 is 50.9 Å². The quantitative estimate of drug-likeness (QED) is 0.482. The van der Waals surface area contributed by atoms with Crippen molar-refractivity contribution in [1.29, 1.82) is 0 Å². The molecule has 1 aromatic heterocycles. The first-order chi connectivity index (χ1) is 9.58. The molecule has 0 unspecified atom stereocenters. The average Bonchev–Trinajstić information content (AvgIpc) is 2.86. The minimum atomic E-state index is -0.0103. The van der Waals surface area contributed by atoms with Gasteiger partial charge >= 0.3 is 0 Å². The number of carbonyl (C=O) groups excluding carboxylic acids is 1. The van der Waals surface area contributed by atoms with Crippen molar-refractivity contribution in [3.8, 4) is 0 Å². The Hall–Kier alpha value is -1.33. The fourth-order valence-corrected chi connectivity index (χ4v) is 2.86. The molecule has 0 aliphatic heterocycles. The van der Waals surface area contributed by atoms with E-state index in [0.717, 1.165) is 20.0 Å². The molecule has 0 saturated carbocycles. The van der Waals surface area contributed by atoms with Gasteiger partial charge in [0.05, 0.1) is 5.02 Å². The fourth-order valence-electron chi connectivity index (χ4n) is 2.34. The third-order valence-corrected chi connectivity index (χ3v) is 4.91. The van der Waals surface area contributed by atoms with Gasteiger partial charge in [-0.3, -0.25) is 4.79 Å². The third kappa shape index (κ3) is 2.25. The Morgan fingerprint density at radius 2 is 2.05 bits per heavy atom. The molecule has 2 aromatic carbocycles. The highest BCUT2D eigenvalue weighted by Crippen LogP contribution is 2.26. The first-order valence-corrected chi connectivity index (χ1v) is 7.60. The van der Waals surface area contributed by atoms with Crippen molar-refractivity contribution in [3.05, 3.63) is 67.9 Å². The van der Waals surface area contributed by atoms with E-state index in [1.54, 1.807) is 12.3 Å². The number of rotatable bonds is 2. The summed E-state index contributed by atoms with van der Waals surface area (Å²) in [5, 5.41) is 1.58. The van der Waals surface area contributed by atoms with Crippen molar-refractivity contribution in [3.63, 3.8) is 0 Å². The summed E-state index contributed by atoms with van der Waals surface area (Å²) in [5.74, 6) is -0.0103. The molecule has 0 aliphatic carbocycles. The monoisotopic (exact) mass is 395 g/mol. The Morgan fingerprint density at radius 1 is 1.25 bits per heavy atom. The molecule has 3 rings (SSSR count). The summed E-state index contributed by atoms with van der Waals surface area (Å²) in [7, 11) is 0. The van der Waals surface area contributed by atoms with E-state index >= 15 is 0 Å². The second-order valence-electron chi connectivity index (χ2n) is 4.66. The molecule has 100 valence electrons. The van der Waals surface area contributed by atoms with E-state index in [2.05, 4.69) is 27.6 Å². The molecule has 1 heterocycles. The van der Waals surface area contributed by atoms with Crippen LogP contribution >= 0.6 is 34.2 Å². The van der Waals surface area contributed by atoms with Crippen molar-refractivity contribution in [2.45, 2.75) is 6.92 Å². The number of nitrogens with one attached hydrogen (secondary N) is 1. The van der Waals surface area contributed by atoms with Gasteiger partial charge in [0.1, 0.15) is 0 Å². The van der Waals surface area contributed by atoms with Crippen molar-refractivity contribution in [2.75, 3.05) is 0 Å². The maximum absolute atomic E-state index is 12.7. The van der Waals surface area contributed by atoms with Gasteiger partial charge in [0.25, 0.3) is 0 Å². The van der Waals surface area contributed by atoms with Gasteiger partial charge in [-0.05, 0) is 59.3 Å². The Kier molecular flexibility index (Phi) is 3.56. The first-order valence-electron chi connectivity index (χ1n) is 6.14. The summed E-state index contributed by atoms with van der Waals surface area (Å²) >= 11 is 8.25. The van der Waals surface area contributed by atoms with Crippen LogP contribution in [0.1, 0.15) is 21.5 Å². The zero-order chi connectivity index (χ0) is 14.3. The summed E-state index contributed by atoms with van der Waals surface area (Å²) in [6.07, 6.45) is 1.77. The lowest BCUT2D eigenvalue weighted by Crippen LogP contribution is -2.01. The molecule has 4 heteroatoms. The van der Waals surface area contributed by atoms with Crippen LogP contribution in [-0.4, -0.2) is 10.8 Å². The number of aromatic nitrogens is 1. The van der Waals surface area contributed by atoms with Gasteiger partial charge in [0, 0.05) is 31.8 Å². The highest BCUT2D eigenvalue weighted by Gasteiger charge is 2.16. The van der Waals surface area contributed by atoms with Crippen LogP contribution in [0.15, 0.2) is 42.6 Å². The molecule has 1 N–H and O–H groups in total. The zero-order valence-corrected chi connectivity index (χ0v) is 13.6. The van der Waals surface area contributed by atoms with Crippen LogP contribution < -0.4 is 0 Å². The molecule has 0 radical (unpaired) electrons. The van der Waals surface area contributed by atoms with Crippen molar-refractivity contribution in [1.82, 2.24) is 4.98 Å². The van der Waals surface area contributed by atoms with Crippen LogP contribution in [0, 0.1) is 10.5 Å². The van der Waals surface area contributed by atoms with Gasteiger partial charge in [-0.25, -0.2) is 0 Å². The van der Waals surface area contributed by atoms with E-state index in [0.29, 0.717) is 16.1 Å². The SMILES string of the molecule is Cc1cccc2[nH]cc(C(=O)c3ccc(I)c(Cl)c3)c12. The Morgan fingerprint density at radius 3 is 2.80 bits per heavy atom. The number of halogens is 2. The Labute approximate surface area is 135 Å². The minimum absolute atomic E-state index is 0.0103. The van der Waals surface area contributed by atoms with Crippen molar-refractivity contribution < 1.29 is 4.79 Å². The number of aromatic amines is 1. The van der Waals surface area contributed by atoms with Crippen LogP contribution in [0.3, 0.4) is 0 Å². The summed E-state index contributed by atoms with van der Waals surface area (Å²) < 4.78 is 0.941. The smallest absolute Gasteiger partial charge is 0.195 e. The summed E-state index contributed by atoms with van der Waals surface area (Å²) in [6.45, 7) is 2.01. The number of benzene rings is 2. The lowest BCUT2D eigenvalue weighted by molar-refractivity contribution is 0.104. The minimum Gasteiger partial charge on any atom is -0.360 e. The average molecular weight is 396 g/mol. The lowest BCUT2D eigenvalue weighted by atomic mass is 10.0. The molecule has 0 bridgehead atoms. The van der Waals surface area contributed by atoms with Gasteiger partial charge < -0.3 is 4.98 Å². The normalized spacial score (nSPS) is 10.9. The van der Waals surface area contributed by atoms with Gasteiger partial charge in [-0.2, -0.15) is 0 Å². The molecule has 3 aromatic rings. The van der Waals surface area contributed by atoms with Gasteiger partial charge in [0.2, 0.25) is 0 Å². The van der Waals surface area contributed by atoms with E-state index in [-0.39, 0.29) is 5.78 Å². The van der Waals surface area contributed by atoms with Crippen LogP contribution in [0.5, 0.6) is 0 Å². The van der Waals surface area contributed by atoms with Crippen LogP contribution in [0.25, 0.3) is 10.9 Å². The first kappa shape index (κ1) is 13.6. The lowest BCUT2D eigenvalue weighted by Gasteiger charge is -2.03. The van der Waals surface area contributed by atoms with E-state index in [1.807, 2.05) is 37.3 Å². The summed E-state index contributed by atoms with van der Waals surface area (Å²) in [6, 6.07) is 11.4. The number of hydrogen-bond donors (Lipinski definition) is 1. The molecular weight excluding hydrogens is 385 g/mol. The van der Waals surface area contributed by atoms with Crippen LogP contribution in [0.2, 0.25) is 5.02 Å². The molecule has 2 nitrogen and oxygen atoms in total. The van der Waals surface area contributed by atoms with Gasteiger partial charge in [-0.1, -0.05) is 23.7 Å². The molecule has 0 spiro atoms. The number of H-pyrrole nitrogens is 1. The van der Waals surface area contributed by atoms with E-state index in [9.17, 15) is 4.79 Å². The van der Waals surface area contributed by atoms with E-state index in [1.165, 1.54) is 0 Å². The topological polar surface area (TPSA) is 32.9 Å². The van der Waals surface area contributed by atoms with Gasteiger partial charge in [0.15, 0.2) is 5.78 Å². The second kappa shape index (κ2) is 5.22. The van der Waals surface area contributed by atoms with Gasteiger partial charge in [-0.15, -0.1) is 0 Å². The Balaban J connectivity index is 2.15. The predicted octanol–water partition coefficient (Wildman–Crippen LogP) is 4.97. The molecule has 20 heavy (non-hydrogen) atoms. The predicted molar refractivity (Wildman–Crippen MR) is 90.6 cm³/mol. The molecular formula is C16H11ClINO. The van der Waals surface area contributed by atoms with E-state index < -0.39 is 0 Å². The molecule has 0 aliphatic rings. The van der Waals surface area contributed by atoms with Crippen LogP contribution in [-0.2, 0) is 0 Å². The molecule has 0 amide bonds. The number of ketones is 1. The number of aryl methyl sites for hydroxylation is 1. The highest BCUT2D eigenvalue weighted by atomic mass is 127. The summed E-state index contributed by atoms with van der Waals surface area (Å²) in [4.78, 5) is 15.8. The van der Waals surface area contributed by atoms with Crippen molar-refractivity contribution in [2.24, 2.45) is 0 Å². The summed E-state index contributed by atoms with van der Waals surface area (Å²) in [5.41, 5.74) is 3.36. The second-order valence-corrected chi connectivity index (χ2v) is 6.23. The molecule has 0 atom stereocenters. The molecule has 0 saturated heterocycles. The zero-order valence-electron chi connectivity index (χ0n) is 10.7. The highest BCUT2D eigenvalue weighted by molar-refractivity contribution is 14.1. The standard InChI is InChI=1S/C16H11ClINO/c1-9-3-2-4-14-15(9)11(8-19-14)16(20)10-5-6-13(18)12(17)7-10/h2-8,19H,1H3. The largest absolute Gasteiger partial charge is 0.360 e. The van der Waals surface area contributed by atoms with E-state index in [4.69, 9.17) is 11.6 Å². The Bertz CT molecular complexity index is 822. The molecule has 0 fully saturated rings. The maximum Gasteiger partial charge on any atom is 0.195 e. The number of fused-ring (bicyclic) bond motifs is 1. The number of carbonyl (C=O) groups is 1. The fraction of sp³-hybridized carbons (Fsp3) is 0.0625. The number of hydrogen-bond acceptors (Lipinski definition) is 1. The maximum atomic E-state index is 12.7. The van der Waals surface area contributed by atoms with Crippen LogP contribution in [0.4, 0.5) is 0 Å². The third-order valence-electron chi connectivity index (χ3n) is 3.34.